The van der Waals surface area contributed by atoms with Crippen molar-refractivity contribution in [3.8, 4) is 17.2 Å². The zero-order chi connectivity index (χ0) is 22.3. The highest BCUT2D eigenvalue weighted by atomic mass is 16.5. The number of ether oxygens (including phenoxy) is 3. The van der Waals surface area contributed by atoms with E-state index in [1.165, 1.54) is 6.08 Å². The maximum Gasteiger partial charge on any atom is 0.316 e. The van der Waals surface area contributed by atoms with Gasteiger partial charge >= 0.3 is 5.97 Å². The second-order valence-corrected chi connectivity index (χ2v) is 7.73. The summed E-state index contributed by atoms with van der Waals surface area (Å²) < 4.78 is 16.3. The molecular weight excluding hydrogens is 380 g/mol. The van der Waals surface area contributed by atoms with Crippen LogP contribution in [0.15, 0.2) is 55.1 Å². The van der Waals surface area contributed by atoms with Crippen molar-refractivity contribution in [2.45, 2.75) is 27.2 Å². The van der Waals surface area contributed by atoms with Gasteiger partial charge in [0.05, 0.1) is 25.2 Å². The summed E-state index contributed by atoms with van der Waals surface area (Å²) in [6.45, 7) is 9.11. The Morgan fingerprint density at radius 1 is 1.00 bits per heavy atom. The highest BCUT2D eigenvalue weighted by molar-refractivity contribution is 6.07. The molecule has 0 aliphatic rings. The predicted molar refractivity (Wildman–Crippen MR) is 118 cm³/mol. The number of carbonyl (C=O) groups excluding carboxylic acids is 2. The third-order valence-electron chi connectivity index (χ3n) is 4.39. The van der Waals surface area contributed by atoms with E-state index in [4.69, 9.17) is 14.2 Å². The molecule has 0 bridgehead atoms. The minimum absolute atomic E-state index is 0.193. The smallest absolute Gasteiger partial charge is 0.316 e. The highest BCUT2D eigenvalue weighted by Crippen LogP contribution is 2.34. The lowest BCUT2D eigenvalue weighted by atomic mass is 9.97. The van der Waals surface area contributed by atoms with Crippen molar-refractivity contribution in [2.24, 2.45) is 5.41 Å². The molecule has 0 aliphatic heterocycles. The lowest BCUT2D eigenvalue weighted by Crippen LogP contribution is -2.25. The van der Waals surface area contributed by atoms with Gasteiger partial charge in [0.15, 0.2) is 5.78 Å². The first kappa shape index (κ1) is 22.9. The van der Waals surface area contributed by atoms with E-state index in [2.05, 4.69) is 6.58 Å². The van der Waals surface area contributed by atoms with Crippen molar-refractivity contribution in [1.29, 1.82) is 0 Å². The van der Waals surface area contributed by atoms with E-state index in [0.29, 0.717) is 34.8 Å². The number of ketones is 1. The minimum atomic E-state index is -0.602. The van der Waals surface area contributed by atoms with Crippen LogP contribution < -0.4 is 14.2 Å². The first-order chi connectivity index (χ1) is 14.2. The van der Waals surface area contributed by atoms with Crippen molar-refractivity contribution >= 4 is 17.8 Å². The summed E-state index contributed by atoms with van der Waals surface area (Å²) >= 11 is 0. The molecule has 5 heteroatoms. The standard InChI is InChI=1S/C25H28O5/c1-7-8-18-11-16-22(28-5)20(23(18)29-6)14-15-21(26)17-9-12-19(13-10-17)30-24(27)25(2,3)4/h7,9-16H,1,8H2,2-6H3. The fourth-order valence-corrected chi connectivity index (χ4v) is 2.72. The average molecular weight is 408 g/mol. The van der Waals surface area contributed by atoms with Gasteiger partial charge in [-0.05, 0) is 75.2 Å². The Morgan fingerprint density at radius 2 is 1.67 bits per heavy atom. The second-order valence-electron chi connectivity index (χ2n) is 7.73. The molecule has 2 aromatic rings. The molecule has 5 nitrogen and oxygen atoms in total. The number of allylic oxidation sites excluding steroid dienone is 2. The molecule has 0 saturated carbocycles. The number of methoxy groups -OCH3 is 2. The van der Waals surface area contributed by atoms with Gasteiger partial charge in [-0.15, -0.1) is 6.58 Å². The van der Waals surface area contributed by atoms with Crippen LogP contribution in [0.5, 0.6) is 17.2 Å². The van der Waals surface area contributed by atoms with E-state index in [1.54, 1.807) is 71.4 Å². The Kier molecular flexibility index (Phi) is 7.59. The zero-order valence-electron chi connectivity index (χ0n) is 18.2. The molecule has 0 aliphatic carbocycles. The molecule has 30 heavy (non-hydrogen) atoms. The number of carbonyl (C=O) groups is 2. The third kappa shape index (κ3) is 5.60. The molecule has 0 atom stereocenters. The fraction of sp³-hybridized carbons (Fsp3) is 0.280. The first-order valence-corrected chi connectivity index (χ1v) is 9.60. The number of esters is 1. The van der Waals surface area contributed by atoms with E-state index in [1.807, 2.05) is 12.1 Å². The zero-order valence-corrected chi connectivity index (χ0v) is 18.2. The molecule has 2 aromatic carbocycles. The lowest BCUT2D eigenvalue weighted by molar-refractivity contribution is -0.142. The monoisotopic (exact) mass is 408 g/mol. The van der Waals surface area contributed by atoms with Crippen molar-refractivity contribution < 1.29 is 23.8 Å². The summed E-state index contributed by atoms with van der Waals surface area (Å²) in [6, 6.07) is 10.2. The molecule has 158 valence electrons. The molecule has 0 amide bonds. The maximum absolute atomic E-state index is 12.6. The van der Waals surface area contributed by atoms with E-state index in [0.717, 1.165) is 5.56 Å². The van der Waals surface area contributed by atoms with E-state index in [-0.39, 0.29) is 11.8 Å². The molecule has 0 N–H and O–H groups in total. The highest BCUT2D eigenvalue weighted by Gasteiger charge is 2.23. The molecule has 0 aromatic heterocycles. The quantitative estimate of drug-likeness (QED) is 0.195. The Balaban J connectivity index is 2.24. The Labute approximate surface area is 178 Å². The molecule has 2 rings (SSSR count). The van der Waals surface area contributed by atoms with Crippen LogP contribution in [-0.4, -0.2) is 26.0 Å². The summed E-state index contributed by atoms with van der Waals surface area (Å²) in [5.74, 6) is 1.12. The van der Waals surface area contributed by atoms with Gasteiger partial charge < -0.3 is 14.2 Å². The van der Waals surface area contributed by atoms with Crippen LogP contribution in [0, 0.1) is 5.41 Å². The average Bonchev–Trinajstić information content (AvgIpc) is 2.72. The third-order valence-corrected chi connectivity index (χ3v) is 4.39. The van der Waals surface area contributed by atoms with E-state index >= 15 is 0 Å². The molecule has 0 fully saturated rings. The summed E-state index contributed by atoms with van der Waals surface area (Å²) in [7, 11) is 3.15. The second kappa shape index (κ2) is 9.92. The van der Waals surface area contributed by atoms with Crippen LogP contribution >= 0.6 is 0 Å². The SMILES string of the molecule is C=CCc1ccc(OC)c(C=CC(=O)c2ccc(OC(=O)C(C)(C)C)cc2)c1OC. The van der Waals surface area contributed by atoms with Gasteiger partial charge in [-0.25, -0.2) is 0 Å². The minimum Gasteiger partial charge on any atom is -0.496 e. The van der Waals surface area contributed by atoms with Crippen LogP contribution in [0.4, 0.5) is 0 Å². The van der Waals surface area contributed by atoms with Crippen LogP contribution in [0.1, 0.15) is 42.3 Å². The number of rotatable bonds is 8. The molecule has 0 unspecified atom stereocenters. The van der Waals surface area contributed by atoms with Gasteiger partial charge in [-0.1, -0.05) is 12.1 Å². The summed E-state index contributed by atoms with van der Waals surface area (Å²) in [6.07, 6.45) is 5.57. The Hall–Kier alpha value is -3.34. The van der Waals surface area contributed by atoms with Crippen molar-refractivity contribution in [3.05, 3.63) is 71.8 Å². The number of hydrogen-bond acceptors (Lipinski definition) is 5. The van der Waals surface area contributed by atoms with Gasteiger partial charge in [0.2, 0.25) is 0 Å². The number of hydrogen-bond donors (Lipinski definition) is 0. The normalized spacial score (nSPS) is 11.2. The van der Waals surface area contributed by atoms with Crippen LogP contribution in [0.3, 0.4) is 0 Å². The Morgan fingerprint density at radius 3 is 2.20 bits per heavy atom. The molecule has 0 spiro atoms. The number of benzene rings is 2. The van der Waals surface area contributed by atoms with Gasteiger partial charge in [-0.3, -0.25) is 9.59 Å². The first-order valence-electron chi connectivity index (χ1n) is 9.60. The van der Waals surface area contributed by atoms with Crippen molar-refractivity contribution in [2.75, 3.05) is 14.2 Å². The molecule has 0 saturated heterocycles. The molecule has 0 radical (unpaired) electrons. The van der Waals surface area contributed by atoms with Crippen LogP contribution in [-0.2, 0) is 11.2 Å². The lowest BCUT2D eigenvalue weighted by Gasteiger charge is -2.16. The molecular formula is C25H28O5. The predicted octanol–water partition coefficient (Wildman–Crippen LogP) is 5.28. The summed E-state index contributed by atoms with van der Waals surface area (Å²) in [5.41, 5.74) is 1.51. The Bertz CT molecular complexity index is 947. The summed E-state index contributed by atoms with van der Waals surface area (Å²) in [5, 5.41) is 0. The molecule has 0 heterocycles. The van der Waals surface area contributed by atoms with Crippen molar-refractivity contribution in [3.63, 3.8) is 0 Å². The topological polar surface area (TPSA) is 61.8 Å². The fourth-order valence-electron chi connectivity index (χ4n) is 2.72. The van der Waals surface area contributed by atoms with Crippen molar-refractivity contribution in [1.82, 2.24) is 0 Å². The van der Waals surface area contributed by atoms with Crippen LogP contribution in [0.25, 0.3) is 6.08 Å². The van der Waals surface area contributed by atoms with Crippen LogP contribution in [0.2, 0.25) is 0 Å². The largest absolute Gasteiger partial charge is 0.496 e. The van der Waals surface area contributed by atoms with Gasteiger partial charge in [-0.2, -0.15) is 0 Å². The maximum atomic E-state index is 12.6. The van der Waals surface area contributed by atoms with Gasteiger partial charge in [0, 0.05) is 5.56 Å². The van der Waals surface area contributed by atoms with Gasteiger partial charge in [0.1, 0.15) is 17.2 Å². The van der Waals surface area contributed by atoms with Gasteiger partial charge in [0.25, 0.3) is 0 Å². The summed E-state index contributed by atoms with van der Waals surface area (Å²) in [4.78, 5) is 24.6. The van der Waals surface area contributed by atoms with E-state index in [9.17, 15) is 9.59 Å². The van der Waals surface area contributed by atoms with E-state index < -0.39 is 5.41 Å².